The lowest BCUT2D eigenvalue weighted by atomic mass is 10.1. The fourth-order valence-corrected chi connectivity index (χ4v) is 3.12. The van der Waals surface area contributed by atoms with Gasteiger partial charge in [0.1, 0.15) is 5.25 Å². The number of hydrogen-bond donors (Lipinski definition) is 1. The molecule has 0 spiro atoms. The number of benzene rings is 1. The molecule has 5 heteroatoms. The van der Waals surface area contributed by atoms with Gasteiger partial charge in [-0.3, -0.25) is 0 Å². The van der Waals surface area contributed by atoms with Gasteiger partial charge in [0, 0.05) is 6.54 Å². The number of hydrogen-bond acceptors (Lipinski definition) is 3. The molecule has 0 amide bonds. The number of rotatable bonds is 1. The third-order valence-electron chi connectivity index (χ3n) is 2.65. The monoisotopic (exact) mass is 241 g/mol. The van der Waals surface area contributed by atoms with E-state index in [0.717, 1.165) is 5.56 Å². The molecule has 0 bridgehead atoms. The maximum atomic E-state index is 12.0. The summed E-state index contributed by atoms with van der Waals surface area (Å²) >= 11 is 0. The van der Waals surface area contributed by atoms with E-state index in [4.69, 9.17) is 4.74 Å². The van der Waals surface area contributed by atoms with Gasteiger partial charge in [-0.1, -0.05) is 30.3 Å². The average Bonchev–Trinajstić information content (AvgIpc) is 2.40. The van der Waals surface area contributed by atoms with Crippen LogP contribution in [0.3, 0.4) is 0 Å². The standard InChI is InChI=1S/C11H15NO3S/c1-9-7-12-16(13,14)11(8-15-9)10-5-3-2-4-6-10/h2-6,9,11-12H,7-8H2,1H3/t9-,11?/m0/s1. The highest BCUT2D eigenvalue weighted by molar-refractivity contribution is 7.89. The fraction of sp³-hybridized carbons (Fsp3) is 0.455. The summed E-state index contributed by atoms with van der Waals surface area (Å²) in [5.41, 5.74) is 0.768. The lowest BCUT2D eigenvalue weighted by Crippen LogP contribution is -2.30. The Morgan fingerprint density at radius 1 is 1.31 bits per heavy atom. The van der Waals surface area contributed by atoms with E-state index < -0.39 is 15.3 Å². The highest BCUT2D eigenvalue weighted by Crippen LogP contribution is 2.24. The number of ether oxygens (including phenoxy) is 1. The van der Waals surface area contributed by atoms with Crippen LogP contribution >= 0.6 is 0 Å². The van der Waals surface area contributed by atoms with Crippen LogP contribution < -0.4 is 4.72 Å². The van der Waals surface area contributed by atoms with Gasteiger partial charge in [0.05, 0.1) is 12.7 Å². The second-order valence-electron chi connectivity index (χ2n) is 3.94. The summed E-state index contributed by atoms with van der Waals surface area (Å²) in [5.74, 6) is 0. The van der Waals surface area contributed by atoms with E-state index in [1.54, 1.807) is 0 Å². The van der Waals surface area contributed by atoms with E-state index in [2.05, 4.69) is 4.72 Å². The van der Waals surface area contributed by atoms with Crippen LogP contribution in [0.15, 0.2) is 30.3 Å². The fourth-order valence-electron chi connectivity index (χ4n) is 1.68. The van der Waals surface area contributed by atoms with Crippen molar-refractivity contribution in [2.75, 3.05) is 13.2 Å². The Balaban J connectivity index is 2.32. The van der Waals surface area contributed by atoms with Crippen LogP contribution in [0.1, 0.15) is 17.7 Å². The Labute approximate surface area is 95.7 Å². The van der Waals surface area contributed by atoms with E-state index >= 15 is 0 Å². The molecule has 1 aromatic rings. The van der Waals surface area contributed by atoms with Crippen molar-refractivity contribution < 1.29 is 13.2 Å². The van der Waals surface area contributed by atoms with Gasteiger partial charge >= 0.3 is 0 Å². The molecular weight excluding hydrogens is 226 g/mol. The minimum Gasteiger partial charge on any atom is -0.375 e. The highest BCUT2D eigenvalue weighted by Gasteiger charge is 2.30. The van der Waals surface area contributed by atoms with Crippen LogP contribution in [0.25, 0.3) is 0 Å². The normalized spacial score (nSPS) is 29.6. The Kier molecular flexibility index (Phi) is 3.28. The summed E-state index contributed by atoms with van der Waals surface area (Å²) in [6, 6.07) is 9.15. The number of sulfonamides is 1. The lowest BCUT2D eigenvalue weighted by molar-refractivity contribution is 0.0752. The van der Waals surface area contributed by atoms with Crippen molar-refractivity contribution in [3.05, 3.63) is 35.9 Å². The van der Waals surface area contributed by atoms with Gasteiger partial charge in [-0.15, -0.1) is 0 Å². The maximum absolute atomic E-state index is 12.0. The second kappa shape index (κ2) is 4.53. The second-order valence-corrected chi connectivity index (χ2v) is 5.88. The first-order valence-electron chi connectivity index (χ1n) is 5.24. The molecular formula is C11H15NO3S. The Morgan fingerprint density at radius 2 is 2.00 bits per heavy atom. The molecule has 0 aliphatic carbocycles. The quantitative estimate of drug-likeness (QED) is 0.800. The van der Waals surface area contributed by atoms with Crippen molar-refractivity contribution in [1.29, 1.82) is 0 Å². The minimum absolute atomic E-state index is 0.0801. The molecule has 88 valence electrons. The van der Waals surface area contributed by atoms with Gasteiger partial charge in [0.15, 0.2) is 0 Å². The zero-order valence-electron chi connectivity index (χ0n) is 9.09. The smallest absolute Gasteiger partial charge is 0.221 e. The van der Waals surface area contributed by atoms with Gasteiger partial charge in [-0.05, 0) is 12.5 Å². The van der Waals surface area contributed by atoms with Crippen LogP contribution in [-0.2, 0) is 14.8 Å². The van der Waals surface area contributed by atoms with E-state index in [1.807, 2.05) is 37.3 Å². The molecule has 1 saturated heterocycles. The lowest BCUT2D eigenvalue weighted by Gasteiger charge is -2.14. The van der Waals surface area contributed by atoms with E-state index in [-0.39, 0.29) is 12.7 Å². The van der Waals surface area contributed by atoms with Gasteiger partial charge in [-0.25, -0.2) is 13.1 Å². The molecule has 1 aliphatic heterocycles. The largest absolute Gasteiger partial charge is 0.375 e. The molecule has 0 aromatic heterocycles. The van der Waals surface area contributed by atoms with Crippen LogP contribution in [-0.4, -0.2) is 27.7 Å². The van der Waals surface area contributed by atoms with E-state index in [1.165, 1.54) is 0 Å². The molecule has 0 radical (unpaired) electrons. The van der Waals surface area contributed by atoms with Crippen LogP contribution in [0.2, 0.25) is 0 Å². The van der Waals surface area contributed by atoms with Crippen molar-refractivity contribution in [2.45, 2.75) is 18.3 Å². The predicted octanol–water partition coefficient (Wildman–Crippen LogP) is 1.07. The van der Waals surface area contributed by atoms with Crippen molar-refractivity contribution in [3.8, 4) is 0 Å². The average molecular weight is 241 g/mol. The molecule has 1 fully saturated rings. The highest BCUT2D eigenvalue weighted by atomic mass is 32.2. The summed E-state index contributed by atoms with van der Waals surface area (Å²) in [5, 5.41) is -0.612. The minimum atomic E-state index is -3.32. The first kappa shape index (κ1) is 11.6. The molecule has 16 heavy (non-hydrogen) atoms. The van der Waals surface area contributed by atoms with E-state index in [9.17, 15) is 8.42 Å². The van der Waals surface area contributed by atoms with Crippen molar-refractivity contribution in [1.82, 2.24) is 4.72 Å². The molecule has 2 rings (SSSR count). The molecule has 1 N–H and O–H groups in total. The topological polar surface area (TPSA) is 55.4 Å². The van der Waals surface area contributed by atoms with Crippen molar-refractivity contribution in [2.24, 2.45) is 0 Å². The summed E-state index contributed by atoms with van der Waals surface area (Å²) in [6.45, 7) is 2.40. The van der Waals surface area contributed by atoms with Crippen molar-refractivity contribution >= 4 is 10.0 Å². The SMILES string of the molecule is C[C@H]1CNS(=O)(=O)C(c2ccccc2)CO1. The van der Waals surface area contributed by atoms with Crippen LogP contribution in [0.5, 0.6) is 0 Å². The Bertz CT molecular complexity index is 444. The summed E-state index contributed by atoms with van der Waals surface area (Å²) in [4.78, 5) is 0. The Morgan fingerprint density at radius 3 is 2.69 bits per heavy atom. The summed E-state index contributed by atoms with van der Waals surface area (Å²) in [6.07, 6.45) is -0.0801. The summed E-state index contributed by atoms with van der Waals surface area (Å²) < 4.78 is 31.9. The first-order valence-corrected chi connectivity index (χ1v) is 6.79. The zero-order valence-corrected chi connectivity index (χ0v) is 9.91. The molecule has 2 atom stereocenters. The van der Waals surface area contributed by atoms with Gasteiger partial charge in [-0.2, -0.15) is 0 Å². The van der Waals surface area contributed by atoms with Gasteiger partial charge in [0.2, 0.25) is 10.0 Å². The molecule has 1 unspecified atom stereocenters. The third kappa shape index (κ3) is 2.42. The summed E-state index contributed by atoms with van der Waals surface area (Å²) in [7, 11) is -3.32. The maximum Gasteiger partial charge on any atom is 0.221 e. The Hall–Kier alpha value is -0.910. The molecule has 1 heterocycles. The molecule has 0 saturated carbocycles. The van der Waals surface area contributed by atoms with E-state index in [0.29, 0.717) is 6.54 Å². The predicted molar refractivity (Wildman–Crippen MR) is 61.5 cm³/mol. The van der Waals surface area contributed by atoms with Gasteiger partial charge in [0.25, 0.3) is 0 Å². The van der Waals surface area contributed by atoms with Gasteiger partial charge < -0.3 is 4.74 Å². The first-order chi connectivity index (χ1) is 7.59. The third-order valence-corrected chi connectivity index (χ3v) is 4.38. The molecule has 4 nitrogen and oxygen atoms in total. The van der Waals surface area contributed by atoms with Crippen LogP contribution in [0.4, 0.5) is 0 Å². The number of nitrogens with one attached hydrogen (secondary N) is 1. The van der Waals surface area contributed by atoms with Crippen molar-refractivity contribution in [3.63, 3.8) is 0 Å². The molecule has 1 aliphatic rings. The molecule has 1 aromatic carbocycles. The van der Waals surface area contributed by atoms with Crippen LogP contribution in [0, 0.1) is 0 Å². The zero-order chi connectivity index (χ0) is 11.6.